The van der Waals surface area contributed by atoms with Crippen LogP contribution in [-0.2, 0) is 0 Å². The number of nitrogens with two attached hydrogens (primary N) is 1. The van der Waals surface area contributed by atoms with E-state index in [9.17, 15) is 24.3 Å². The zero-order valence-corrected chi connectivity index (χ0v) is 20.9. The van der Waals surface area contributed by atoms with Crippen LogP contribution >= 0.6 is 0 Å². The average Bonchev–Trinajstić information content (AvgIpc) is 3.20. The number of nitrogens with one attached hydrogen (secondary N) is 1. The highest BCUT2D eigenvalue weighted by Gasteiger charge is 2.25. The fourth-order valence-electron chi connectivity index (χ4n) is 4.04. The molecule has 1 aromatic heterocycles. The minimum absolute atomic E-state index is 0.0173. The van der Waals surface area contributed by atoms with E-state index in [-0.39, 0.29) is 34.8 Å². The molecular weight excluding hydrogens is 462 g/mol. The molecule has 4 N–H and O–H groups in total. The lowest BCUT2D eigenvalue weighted by Gasteiger charge is -2.20. The molecule has 0 saturated heterocycles. The van der Waals surface area contributed by atoms with Gasteiger partial charge in [0.1, 0.15) is 0 Å². The highest BCUT2D eigenvalue weighted by atomic mass is 16.4. The first-order valence-electron chi connectivity index (χ1n) is 11.7. The van der Waals surface area contributed by atoms with Gasteiger partial charge in [0.25, 0.3) is 11.8 Å². The largest absolute Gasteiger partial charge is 0.478 e. The Morgan fingerprint density at radius 2 is 1.78 bits per heavy atom. The Balaban J connectivity index is 2.19. The third kappa shape index (κ3) is 5.60. The van der Waals surface area contributed by atoms with Gasteiger partial charge in [-0.25, -0.2) is 9.78 Å². The number of carboxylic acid groups (broad SMARTS) is 1. The first kappa shape index (κ1) is 26.6. The van der Waals surface area contributed by atoms with Crippen molar-refractivity contribution in [3.05, 3.63) is 58.7 Å². The number of imidazole rings is 1. The lowest BCUT2D eigenvalue weighted by Crippen LogP contribution is -2.24. The topological polar surface area (TPSA) is 148 Å². The Hall–Kier alpha value is -4.05. The predicted molar refractivity (Wildman–Crippen MR) is 137 cm³/mol. The van der Waals surface area contributed by atoms with Gasteiger partial charge in [-0.1, -0.05) is 12.5 Å². The van der Waals surface area contributed by atoms with Crippen LogP contribution in [0.25, 0.3) is 11.0 Å². The second-order valence-corrected chi connectivity index (χ2v) is 8.93. The van der Waals surface area contributed by atoms with Crippen LogP contribution in [-0.4, -0.2) is 63.8 Å². The zero-order valence-electron chi connectivity index (χ0n) is 20.9. The van der Waals surface area contributed by atoms with Crippen LogP contribution in [0.2, 0.25) is 0 Å². The van der Waals surface area contributed by atoms with Gasteiger partial charge in [0.2, 0.25) is 5.95 Å². The Morgan fingerprint density at radius 1 is 1.08 bits per heavy atom. The molecule has 1 atom stereocenters. The fourth-order valence-corrected chi connectivity index (χ4v) is 4.04. The standard InChI is InChI=1S/C26H31N5O5/c1-15(8-5-6-11-27)31-22-20(24(34)30(3)4)13-19(16(2)32)14-21(22)28-26(31)29-23(33)17-9-7-10-18(12-17)25(35)36/h7,9-10,12-15H,5-6,8,11,27H2,1-4H3,(H,35,36)(H,28,29,33)/t15-/m1/s1. The number of aromatic nitrogens is 2. The number of fused-ring (bicyclic) bond motifs is 1. The number of hydrogen-bond acceptors (Lipinski definition) is 6. The number of rotatable bonds is 10. The molecule has 1 heterocycles. The number of nitrogens with zero attached hydrogens (tertiary/aromatic N) is 3. The third-order valence-corrected chi connectivity index (χ3v) is 5.94. The van der Waals surface area contributed by atoms with Crippen molar-refractivity contribution in [1.82, 2.24) is 14.5 Å². The second-order valence-electron chi connectivity index (χ2n) is 8.93. The van der Waals surface area contributed by atoms with Gasteiger partial charge in [-0.2, -0.15) is 0 Å². The maximum Gasteiger partial charge on any atom is 0.335 e. The van der Waals surface area contributed by atoms with Gasteiger partial charge in [-0.3, -0.25) is 19.7 Å². The van der Waals surface area contributed by atoms with E-state index in [0.29, 0.717) is 35.1 Å². The van der Waals surface area contributed by atoms with E-state index in [1.165, 1.54) is 36.1 Å². The van der Waals surface area contributed by atoms with Crippen molar-refractivity contribution >= 4 is 40.5 Å². The summed E-state index contributed by atoms with van der Waals surface area (Å²) in [6.45, 7) is 3.92. The number of carbonyl (C=O) groups is 4. The monoisotopic (exact) mass is 493 g/mol. The van der Waals surface area contributed by atoms with Crippen molar-refractivity contribution in [3.63, 3.8) is 0 Å². The van der Waals surface area contributed by atoms with Crippen molar-refractivity contribution in [1.29, 1.82) is 0 Å². The molecule has 0 radical (unpaired) electrons. The molecule has 36 heavy (non-hydrogen) atoms. The SMILES string of the molecule is CC(=O)c1cc(C(=O)N(C)C)c2c(c1)nc(NC(=O)c1cccc(C(=O)O)c1)n2[C@H](C)CCCCN. The summed E-state index contributed by atoms with van der Waals surface area (Å²) in [6.07, 6.45) is 2.36. The van der Waals surface area contributed by atoms with Gasteiger partial charge in [-0.05, 0) is 63.6 Å². The molecule has 10 nitrogen and oxygen atoms in total. The number of Topliss-reactive ketones (excluding diaryl/α,β-unsaturated/α-hetero) is 1. The normalized spacial score (nSPS) is 11.8. The van der Waals surface area contributed by atoms with E-state index in [1.54, 1.807) is 30.8 Å². The van der Waals surface area contributed by atoms with Crippen LogP contribution in [0.1, 0.15) is 80.6 Å². The van der Waals surface area contributed by atoms with Gasteiger partial charge in [0.05, 0.1) is 22.2 Å². The Labute approximate surface area is 209 Å². The number of carboxylic acids is 1. The lowest BCUT2D eigenvalue weighted by atomic mass is 10.0. The van der Waals surface area contributed by atoms with Gasteiger partial charge in [0, 0.05) is 31.3 Å². The number of unbranched alkanes of at least 4 members (excludes halogenated alkanes) is 1. The summed E-state index contributed by atoms with van der Waals surface area (Å²) >= 11 is 0. The molecule has 0 bridgehead atoms. The first-order chi connectivity index (χ1) is 17.0. The smallest absolute Gasteiger partial charge is 0.335 e. The molecule has 0 aliphatic rings. The number of ketones is 1. The van der Waals surface area contributed by atoms with Crippen molar-refractivity contribution in [2.24, 2.45) is 5.73 Å². The minimum Gasteiger partial charge on any atom is -0.478 e. The van der Waals surface area contributed by atoms with Gasteiger partial charge < -0.3 is 20.3 Å². The van der Waals surface area contributed by atoms with Crippen LogP contribution in [0.15, 0.2) is 36.4 Å². The van der Waals surface area contributed by atoms with Crippen molar-refractivity contribution in [2.45, 2.75) is 39.2 Å². The van der Waals surface area contributed by atoms with E-state index in [4.69, 9.17) is 5.73 Å². The van der Waals surface area contributed by atoms with E-state index < -0.39 is 11.9 Å². The number of amides is 2. The molecule has 0 aliphatic heterocycles. The van der Waals surface area contributed by atoms with Gasteiger partial charge in [-0.15, -0.1) is 0 Å². The predicted octanol–water partition coefficient (Wildman–Crippen LogP) is 3.58. The van der Waals surface area contributed by atoms with Crippen LogP contribution in [0, 0.1) is 0 Å². The van der Waals surface area contributed by atoms with Crippen LogP contribution in [0.5, 0.6) is 0 Å². The van der Waals surface area contributed by atoms with Crippen LogP contribution in [0.3, 0.4) is 0 Å². The van der Waals surface area contributed by atoms with E-state index in [0.717, 1.165) is 12.8 Å². The molecule has 0 aliphatic carbocycles. The summed E-state index contributed by atoms with van der Waals surface area (Å²) < 4.78 is 1.80. The van der Waals surface area contributed by atoms with Crippen LogP contribution < -0.4 is 11.1 Å². The number of aromatic carboxylic acids is 1. The third-order valence-electron chi connectivity index (χ3n) is 5.94. The first-order valence-corrected chi connectivity index (χ1v) is 11.7. The number of hydrogen-bond donors (Lipinski definition) is 3. The number of anilines is 1. The Morgan fingerprint density at radius 3 is 2.39 bits per heavy atom. The second kappa shape index (κ2) is 11.1. The molecule has 0 spiro atoms. The zero-order chi connectivity index (χ0) is 26.6. The maximum atomic E-state index is 13.1. The molecule has 3 aromatic rings. The maximum absolute atomic E-state index is 13.1. The molecule has 2 aromatic carbocycles. The number of carbonyl (C=O) groups excluding carboxylic acids is 3. The molecule has 0 saturated carbocycles. The number of benzene rings is 2. The summed E-state index contributed by atoms with van der Waals surface area (Å²) in [5, 5.41) is 12.1. The highest BCUT2D eigenvalue weighted by Crippen LogP contribution is 2.32. The summed E-state index contributed by atoms with van der Waals surface area (Å²) in [4.78, 5) is 55.8. The average molecular weight is 494 g/mol. The molecule has 3 rings (SSSR count). The summed E-state index contributed by atoms with van der Waals surface area (Å²) in [5.41, 5.74) is 7.33. The van der Waals surface area contributed by atoms with E-state index >= 15 is 0 Å². The van der Waals surface area contributed by atoms with E-state index in [2.05, 4.69) is 10.3 Å². The molecule has 2 amide bonds. The summed E-state index contributed by atoms with van der Waals surface area (Å²) in [6, 6.07) is 8.67. The quantitative estimate of drug-likeness (QED) is 0.289. The van der Waals surface area contributed by atoms with Gasteiger partial charge >= 0.3 is 5.97 Å². The molecule has 0 unspecified atom stereocenters. The minimum atomic E-state index is -1.14. The van der Waals surface area contributed by atoms with Crippen molar-refractivity contribution in [2.75, 3.05) is 26.0 Å². The Kier molecular flexibility index (Phi) is 8.21. The van der Waals surface area contributed by atoms with Gasteiger partial charge in [0.15, 0.2) is 5.78 Å². The van der Waals surface area contributed by atoms with Crippen molar-refractivity contribution < 1.29 is 24.3 Å². The fraction of sp³-hybridized carbons (Fsp3) is 0.346. The summed E-state index contributed by atoms with van der Waals surface area (Å²) in [7, 11) is 3.25. The molecule has 10 heteroatoms. The van der Waals surface area contributed by atoms with Crippen LogP contribution in [0.4, 0.5) is 5.95 Å². The highest BCUT2D eigenvalue weighted by molar-refractivity contribution is 6.10. The van der Waals surface area contributed by atoms with E-state index in [1.807, 2.05) is 6.92 Å². The Bertz CT molecular complexity index is 1330. The summed E-state index contributed by atoms with van der Waals surface area (Å²) in [5.74, 6) is -2.01. The molecule has 0 fully saturated rings. The molecular formula is C26H31N5O5. The van der Waals surface area contributed by atoms with Crippen molar-refractivity contribution in [3.8, 4) is 0 Å². The lowest BCUT2D eigenvalue weighted by molar-refractivity contribution is 0.0696. The molecule has 190 valence electrons.